The average Bonchev–Trinajstić information content (AvgIpc) is 2.43. The number of ether oxygens (including phenoxy) is 1. The molecule has 104 valence electrons. The molecule has 2 unspecified atom stereocenters. The molecule has 0 aliphatic carbocycles. The first-order valence-electron chi connectivity index (χ1n) is 6.09. The average molecular weight is 265 g/mol. The van der Waals surface area contributed by atoms with Crippen LogP contribution in [0.4, 0.5) is 4.79 Å². The Bertz CT molecular complexity index is 417. The molecule has 19 heavy (non-hydrogen) atoms. The second kappa shape index (κ2) is 6.89. The van der Waals surface area contributed by atoms with Crippen LogP contribution in [0.1, 0.15) is 19.4 Å². The molecule has 1 amide bonds. The van der Waals surface area contributed by atoms with E-state index in [4.69, 9.17) is 4.74 Å². The van der Waals surface area contributed by atoms with Crippen molar-refractivity contribution in [1.29, 1.82) is 0 Å². The van der Waals surface area contributed by atoms with Crippen LogP contribution in [0.2, 0.25) is 0 Å². The van der Waals surface area contributed by atoms with E-state index in [-0.39, 0.29) is 13.2 Å². The Morgan fingerprint density at radius 2 is 2.11 bits per heavy atom. The van der Waals surface area contributed by atoms with E-state index in [9.17, 15) is 14.7 Å². The highest BCUT2D eigenvalue weighted by molar-refractivity contribution is 5.67. The first-order valence-corrected chi connectivity index (χ1v) is 6.09. The van der Waals surface area contributed by atoms with E-state index in [1.54, 1.807) is 6.92 Å². The molecule has 2 N–H and O–H groups in total. The summed E-state index contributed by atoms with van der Waals surface area (Å²) in [6.07, 6.45) is -0.105. The lowest BCUT2D eigenvalue weighted by atomic mass is 9.92. The molecular formula is C14H19NO4. The highest BCUT2D eigenvalue weighted by Crippen LogP contribution is 2.12. The second-order valence-electron chi connectivity index (χ2n) is 4.69. The monoisotopic (exact) mass is 265 g/mol. The highest BCUT2D eigenvalue weighted by atomic mass is 16.5. The van der Waals surface area contributed by atoms with Crippen molar-refractivity contribution in [3.63, 3.8) is 0 Å². The lowest BCUT2D eigenvalue weighted by molar-refractivity contribution is -0.126. The zero-order valence-corrected chi connectivity index (χ0v) is 11.1. The molecule has 0 fully saturated rings. The van der Waals surface area contributed by atoms with Crippen LogP contribution in [-0.4, -0.2) is 29.6 Å². The number of aliphatic hydroxyl groups is 1. The molecule has 0 bridgehead atoms. The minimum absolute atomic E-state index is 0.166. The van der Waals surface area contributed by atoms with Gasteiger partial charge < -0.3 is 20.0 Å². The molecular weight excluding hydrogens is 246 g/mol. The number of rotatable bonds is 6. The standard InChI is InChI=1S/C14H19NO4/c1-11(14(2,18)10-16)8-15-13(17)19-9-12-6-4-3-5-7-12/h3-7,10-11,18H,8-9H2,1-2H3,(H,15,17). The predicted octanol–water partition coefficient (Wildman–Crippen LogP) is 1.50. The van der Waals surface area contributed by atoms with Crippen LogP contribution < -0.4 is 5.32 Å². The van der Waals surface area contributed by atoms with Crippen LogP contribution in [0.25, 0.3) is 0 Å². The van der Waals surface area contributed by atoms with Crippen molar-refractivity contribution >= 4 is 12.4 Å². The molecule has 1 aromatic rings. The topological polar surface area (TPSA) is 75.6 Å². The maximum absolute atomic E-state index is 11.4. The first kappa shape index (κ1) is 15.2. The van der Waals surface area contributed by atoms with Crippen LogP contribution in [0.5, 0.6) is 0 Å². The van der Waals surface area contributed by atoms with Crippen LogP contribution in [0, 0.1) is 5.92 Å². The van der Waals surface area contributed by atoms with Crippen molar-refractivity contribution in [2.24, 2.45) is 5.92 Å². The van der Waals surface area contributed by atoms with Gasteiger partial charge in [-0.25, -0.2) is 4.79 Å². The van der Waals surface area contributed by atoms with E-state index in [1.807, 2.05) is 30.3 Å². The summed E-state index contributed by atoms with van der Waals surface area (Å²) in [6, 6.07) is 9.31. The smallest absolute Gasteiger partial charge is 0.407 e. The third-order valence-corrected chi connectivity index (χ3v) is 3.00. The van der Waals surface area contributed by atoms with E-state index in [2.05, 4.69) is 5.32 Å². The van der Waals surface area contributed by atoms with Gasteiger partial charge in [-0.05, 0) is 12.5 Å². The molecule has 5 heteroatoms. The Labute approximate surface area is 112 Å². The zero-order chi connectivity index (χ0) is 14.3. The Morgan fingerprint density at radius 3 is 2.68 bits per heavy atom. The van der Waals surface area contributed by atoms with E-state index in [0.717, 1.165) is 5.56 Å². The summed E-state index contributed by atoms with van der Waals surface area (Å²) in [4.78, 5) is 22.1. The predicted molar refractivity (Wildman–Crippen MR) is 70.5 cm³/mol. The quantitative estimate of drug-likeness (QED) is 0.764. The van der Waals surface area contributed by atoms with Crippen LogP contribution >= 0.6 is 0 Å². The molecule has 0 aliphatic heterocycles. The summed E-state index contributed by atoms with van der Waals surface area (Å²) in [6.45, 7) is 3.43. The first-order chi connectivity index (χ1) is 8.95. The van der Waals surface area contributed by atoms with Gasteiger partial charge in [0.05, 0.1) is 0 Å². The van der Waals surface area contributed by atoms with Crippen LogP contribution in [0.3, 0.4) is 0 Å². The van der Waals surface area contributed by atoms with E-state index < -0.39 is 17.6 Å². The van der Waals surface area contributed by atoms with Gasteiger partial charge in [-0.15, -0.1) is 0 Å². The molecule has 0 aliphatic rings. The third-order valence-electron chi connectivity index (χ3n) is 3.00. The van der Waals surface area contributed by atoms with Crippen LogP contribution in [0.15, 0.2) is 30.3 Å². The molecule has 1 aromatic carbocycles. The van der Waals surface area contributed by atoms with Crippen molar-refractivity contribution in [2.45, 2.75) is 26.1 Å². The maximum Gasteiger partial charge on any atom is 0.407 e. The number of nitrogens with one attached hydrogen (secondary N) is 1. The van der Waals surface area contributed by atoms with Crippen molar-refractivity contribution in [3.05, 3.63) is 35.9 Å². The van der Waals surface area contributed by atoms with Gasteiger partial charge in [0.15, 0.2) is 6.29 Å². The number of aldehydes is 1. The van der Waals surface area contributed by atoms with Gasteiger partial charge in [0.1, 0.15) is 12.2 Å². The molecule has 1 rings (SSSR count). The van der Waals surface area contributed by atoms with Gasteiger partial charge in [-0.2, -0.15) is 0 Å². The number of carbonyl (C=O) groups excluding carboxylic acids is 2. The molecule has 5 nitrogen and oxygen atoms in total. The third kappa shape index (κ3) is 5.09. The fraction of sp³-hybridized carbons (Fsp3) is 0.429. The number of benzene rings is 1. The number of carbonyl (C=O) groups is 2. The summed E-state index contributed by atoms with van der Waals surface area (Å²) in [5.41, 5.74) is -0.558. The maximum atomic E-state index is 11.4. The van der Waals surface area contributed by atoms with Crippen molar-refractivity contribution in [3.8, 4) is 0 Å². The van der Waals surface area contributed by atoms with Crippen LogP contribution in [-0.2, 0) is 16.1 Å². The summed E-state index contributed by atoms with van der Waals surface area (Å²) in [5.74, 6) is -0.394. The summed E-state index contributed by atoms with van der Waals surface area (Å²) in [5, 5.41) is 12.2. The Kier molecular flexibility index (Phi) is 5.51. The molecule has 0 saturated carbocycles. The Hall–Kier alpha value is -1.88. The van der Waals surface area contributed by atoms with Crippen molar-refractivity contribution in [2.75, 3.05) is 6.54 Å². The van der Waals surface area contributed by atoms with Crippen molar-refractivity contribution in [1.82, 2.24) is 5.32 Å². The zero-order valence-electron chi connectivity index (χ0n) is 11.1. The van der Waals surface area contributed by atoms with Gasteiger partial charge in [-0.1, -0.05) is 37.3 Å². The largest absolute Gasteiger partial charge is 0.445 e. The molecule has 0 aromatic heterocycles. The molecule has 0 heterocycles. The Balaban J connectivity index is 2.31. The number of hydrogen-bond donors (Lipinski definition) is 2. The van der Waals surface area contributed by atoms with Gasteiger partial charge in [0, 0.05) is 12.5 Å². The van der Waals surface area contributed by atoms with Crippen molar-refractivity contribution < 1.29 is 19.4 Å². The summed E-state index contributed by atoms with van der Waals surface area (Å²) in [7, 11) is 0. The molecule has 0 spiro atoms. The van der Waals surface area contributed by atoms with Gasteiger partial charge in [0.2, 0.25) is 0 Å². The van der Waals surface area contributed by atoms with E-state index >= 15 is 0 Å². The SMILES string of the molecule is CC(CNC(=O)OCc1ccccc1)C(C)(O)C=O. The van der Waals surface area contributed by atoms with Gasteiger partial charge in [-0.3, -0.25) is 0 Å². The van der Waals surface area contributed by atoms with E-state index in [1.165, 1.54) is 6.92 Å². The second-order valence-corrected chi connectivity index (χ2v) is 4.69. The number of alkyl carbamates (subject to hydrolysis) is 1. The number of hydrogen-bond acceptors (Lipinski definition) is 4. The minimum atomic E-state index is -1.45. The molecule has 0 radical (unpaired) electrons. The normalized spacial score (nSPS) is 15.1. The van der Waals surface area contributed by atoms with Gasteiger partial charge >= 0.3 is 6.09 Å². The highest BCUT2D eigenvalue weighted by Gasteiger charge is 2.27. The minimum Gasteiger partial charge on any atom is -0.445 e. The lowest BCUT2D eigenvalue weighted by Crippen LogP contribution is -2.42. The fourth-order valence-electron chi connectivity index (χ4n) is 1.33. The lowest BCUT2D eigenvalue weighted by Gasteiger charge is -2.24. The molecule has 2 atom stereocenters. The number of amides is 1. The summed E-state index contributed by atoms with van der Waals surface area (Å²) < 4.78 is 5.00. The Morgan fingerprint density at radius 1 is 1.47 bits per heavy atom. The fourth-order valence-corrected chi connectivity index (χ4v) is 1.33. The summed E-state index contributed by atoms with van der Waals surface area (Å²) >= 11 is 0. The van der Waals surface area contributed by atoms with Gasteiger partial charge in [0.25, 0.3) is 0 Å². The van der Waals surface area contributed by atoms with E-state index in [0.29, 0.717) is 6.29 Å². The molecule has 0 saturated heterocycles.